The molecule has 1 heterocycles. The van der Waals surface area contributed by atoms with Crippen LogP contribution >= 0.6 is 15.9 Å². The molecule has 3 rings (SSSR count). The van der Waals surface area contributed by atoms with Crippen LogP contribution in [0.15, 0.2) is 27.5 Å². The molecule has 2 aromatic rings. The van der Waals surface area contributed by atoms with E-state index in [-0.39, 0.29) is 12.0 Å². The number of aromatic nitrogens is 2. The number of rotatable bonds is 3. The Kier molecular flexibility index (Phi) is 2.95. The molecular formula is C13H13BrN2O2. The van der Waals surface area contributed by atoms with Gasteiger partial charge in [0.2, 0.25) is 5.43 Å². The van der Waals surface area contributed by atoms with Crippen molar-refractivity contribution in [3.63, 3.8) is 0 Å². The molecule has 0 saturated heterocycles. The normalized spacial score (nSPS) is 15.2. The second kappa shape index (κ2) is 4.48. The molecule has 1 fully saturated rings. The van der Waals surface area contributed by atoms with Gasteiger partial charge in [0.05, 0.1) is 11.6 Å². The Balaban J connectivity index is 2.32. The highest BCUT2D eigenvalue weighted by Crippen LogP contribution is 2.36. The van der Waals surface area contributed by atoms with E-state index in [1.54, 1.807) is 0 Å². The molecule has 1 aromatic heterocycles. The molecule has 18 heavy (non-hydrogen) atoms. The maximum atomic E-state index is 12.2. The lowest BCUT2D eigenvalue weighted by Crippen LogP contribution is -2.19. The van der Waals surface area contributed by atoms with Gasteiger partial charge in [0, 0.05) is 22.9 Å². The lowest BCUT2D eigenvalue weighted by molar-refractivity contribution is 0.296. The molecule has 4 nitrogen and oxygen atoms in total. The van der Waals surface area contributed by atoms with E-state index >= 15 is 0 Å². The van der Waals surface area contributed by atoms with Crippen LogP contribution < -0.4 is 5.43 Å². The van der Waals surface area contributed by atoms with Gasteiger partial charge >= 0.3 is 0 Å². The molecule has 0 radical (unpaired) electrons. The van der Waals surface area contributed by atoms with Crippen LogP contribution in [0, 0.1) is 0 Å². The minimum absolute atomic E-state index is 0.0467. The summed E-state index contributed by atoms with van der Waals surface area (Å²) in [6.45, 7) is -0.0467. The van der Waals surface area contributed by atoms with E-state index in [2.05, 4.69) is 21.0 Å². The molecule has 5 heteroatoms. The predicted molar refractivity (Wildman–Crippen MR) is 72.8 cm³/mol. The van der Waals surface area contributed by atoms with Gasteiger partial charge < -0.3 is 5.11 Å². The molecule has 1 aromatic carbocycles. The number of halogens is 1. The van der Waals surface area contributed by atoms with Crippen LogP contribution in [0.2, 0.25) is 0 Å². The number of aliphatic hydroxyl groups is 1. The summed E-state index contributed by atoms with van der Waals surface area (Å²) < 4.78 is 2.88. The first-order valence-electron chi connectivity index (χ1n) is 6.02. The number of aliphatic hydroxyl groups excluding tert-OH is 1. The van der Waals surface area contributed by atoms with Crippen molar-refractivity contribution in [1.29, 1.82) is 0 Å². The topological polar surface area (TPSA) is 55.1 Å². The fourth-order valence-electron chi connectivity index (χ4n) is 2.14. The summed E-state index contributed by atoms with van der Waals surface area (Å²) >= 11 is 3.43. The Morgan fingerprint density at radius 3 is 2.89 bits per heavy atom. The Labute approximate surface area is 112 Å². The lowest BCUT2D eigenvalue weighted by atomic mass is 10.1. The van der Waals surface area contributed by atoms with E-state index in [4.69, 9.17) is 5.11 Å². The highest BCUT2D eigenvalue weighted by Gasteiger charge is 2.26. The molecule has 1 saturated carbocycles. The zero-order valence-corrected chi connectivity index (χ0v) is 11.4. The van der Waals surface area contributed by atoms with Crippen molar-refractivity contribution in [3.8, 4) is 0 Å². The average molecular weight is 309 g/mol. The van der Waals surface area contributed by atoms with Gasteiger partial charge in [0.15, 0.2) is 0 Å². The molecule has 0 spiro atoms. The Bertz CT molecular complexity index is 662. The maximum absolute atomic E-state index is 12.2. The van der Waals surface area contributed by atoms with Crippen LogP contribution in [-0.4, -0.2) is 21.5 Å². The summed E-state index contributed by atoms with van der Waals surface area (Å²) in [6.07, 6.45) is 2.53. The van der Waals surface area contributed by atoms with Crippen LogP contribution in [-0.2, 0) is 6.42 Å². The van der Waals surface area contributed by atoms with E-state index in [0.717, 1.165) is 22.8 Å². The molecule has 0 aliphatic heterocycles. The van der Waals surface area contributed by atoms with Crippen molar-refractivity contribution in [1.82, 2.24) is 9.78 Å². The number of fused-ring (bicyclic) bond motifs is 1. The fourth-order valence-corrected chi connectivity index (χ4v) is 2.49. The van der Waals surface area contributed by atoms with Crippen LogP contribution in [0.4, 0.5) is 0 Å². The maximum Gasteiger partial charge on any atom is 0.211 e. The number of hydrogen-bond acceptors (Lipinski definition) is 3. The Morgan fingerprint density at radius 2 is 2.22 bits per heavy atom. The van der Waals surface area contributed by atoms with Gasteiger partial charge in [-0.1, -0.05) is 15.9 Å². The van der Waals surface area contributed by atoms with Gasteiger partial charge in [-0.15, -0.1) is 0 Å². The molecule has 0 amide bonds. The third kappa shape index (κ3) is 1.97. The van der Waals surface area contributed by atoms with Gasteiger partial charge in [-0.3, -0.25) is 9.48 Å². The van der Waals surface area contributed by atoms with Gasteiger partial charge in [0.1, 0.15) is 5.69 Å². The zero-order chi connectivity index (χ0) is 12.7. The van der Waals surface area contributed by atoms with Crippen molar-refractivity contribution < 1.29 is 5.11 Å². The summed E-state index contributed by atoms with van der Waals surface area (Å²) in [5, 5.41) is 14.1. The van der Waals surface area contributed by atoms with E-state index in [9.17, 15) is 4.79 Å². The molecular weight excluding hydrogens is 296 g/mol. The highest BCUT2D eigenvalue weighted by atomic mass is 79.9. The van der Waals surface area contributed by atoms with E-state index < -0.39 is 0 Å². The Morgan fingerprint density at radius 1 is 1.44 bits per heavy atom. The second-order valence-electron chi connectivity index (χ2n) is 4.59. The second-order valence-corrected chi connectivity index (χ2v) is 5.50. The first kappa shape index (κ1) is 11.9. The SMILES string of the molecule is O=c1c(CCO)nn(C2CC2)c2cc(Br)ccc12. The van der Waals surface area contributed by atoms with Crippen LogP contribution in [0.3, 0.4) is 0 Å². The smallest absolute Gasteiger partial charge is 0.211 e. The third-order valence-corrected chi connectivity index (χ3v) is 3.68. The Hall–Kier alpha value is -1.20. The largest absolute Gasteiger partial charge is 0.396 e. The fraction of sp³-hybridized carbons (Fsp3) is 0.385. The van der Waals surface area contributed by atoms with Gasteiger partial charge in [-0.25, -0.2) is 0 Å². The molecule has 1 aliphatic carbocycles. The summed E-state index contributed by atoms with van der Waals surface area (Å²) in [5.74, 6) is 0. The van der Waals surface area contributed by atoms with Gasteiger partial charge in [0.25, 0.3) is 0 Å². The van der Waals surface area contributed by atoms with Crippen molar-refractivity contribution >= 4 is 26.8 Å². The molecule has 0 unspecified atom stereocenters. The summed E-state index contributed by atoms with van der Waals surface area (Å²) in [4.78, 5) is 12.2. The third-order valence-electron chi connectivity index (χ3n) is 3.18. The minimum Gasteiger partial charge on any atom is -0.396 e. The summed E-state index contributed by atoms with van der Waals surface area (Å²) in [7, 11) is 0. The number of hydrogen-bond donors (Lipinski definition) is 1. The zero-order valence-electron chi connectivity index (χ0n) is 9.77. The minimum atomic E-state index is -0.0662. The molecule has 1 N–H and O–H groups in total. The first-order chi connectivity index (χ1) is 8.70. The summed E-state index contributed by atoms with van der Waals surface area (Å²) in [5.41, 5.74) is 1.27. The molecule has 0 atom stereocenters. The number of nitrogens with zero attached hydrogens (tertiary/aromatic N) is 2. The molecule has 94 valence electrons. The van der Waals surface area contributed by atoms with Crippen molar-refractivity contribution in [3.05, 3.63) is 38.6 Å². The van der Waals surface area contributed by atoms with Crippen LogP contribution in [0.5, 0.6) is 0 Å². The van der Waals surface area contributed by atoms with Crippen LogP contribution in [0.25, 0.3) is 10.9 Å². The standard InChI is InChI=1S/C13H13BrN2O2/c14-8-1-4-10-12(7-8)16(9-2-3-9)15-11(5-6-17)13(10)18/h1,4,7,9,17H,2-3,5-6H2. The van der Waals surface area contributed by atoms with E-state index in [1.807, 2.05) is 22.9 Å². The van der Waals surface area contributed by atoms with Crippen LogP contribution in [0.1, 0.15) is 24.6 Å². The average Bonchev–Trinajstić information content (AvgIpc) is 3.17. The predicted octanol–water partition coefficient (Wildman–Crippen LogP) is 2.03. The monoisotopic (exact) mass is 308 g/mol. The van der Waals surface area contributed by atoms with Gasteiger partial charge in [-0.05, 0) is 31.0 Å². The number of benzene rings is 1. The lowest BCUT2D eigenvalue weighted by Gasteiger charge is -2.11. The highest BCUT2D eigenvalue weighted by molar-refractivity contribution is 9.10. The molecule has 0 bridgehead atoms. The van der Waals surface area contributed by atoms with Crippen molar-refractivity contribution in [2.45, 2.75) is 25.3 Å². The van der Waals surface area contributed by atoms with Crippen molar-refractivity contribution in [2.24, 2.45) is 0 Å². The summed E-state index contributed by atoms with van der Waals surface area (Å²) in [6, 6.07) is 6.03. The van der Waals surface area contributed by atoms with E-state index in [0.29, 0.717) is 23.5 Å². The van der Waals surface area contributed by atoms with Crippen molar-refractivity contribution in [2.75, 3.05) is 6.61 Å². The molecule has 1 aliphatic rings. The van der Waals surface area contributed by atoms with E-state index in [1.165, 1.54) is 0 Å². The quantitative estimate of drug-likeness (QED) is 0.944. The van der Waals surface area contributed by atoms with Gasteiger partial charge in [-0.2, -0.15) is 5.10 Å². The first-order valence-corrected chi connectivity index (χ1v) is 6.82.